The van der Waals surface area contributed by atoms with Crippen molar-refractivity contribution >= 4 is 11.7 Å². The highest BCUT2D eigenvalue weighted by atomic mass is 19.4. The van der Waals surface area contributed by atoms with E-state index < -0.39 is 18.3 Å². The second kappa shape index (κ2) is 8.53. The maximum absolute atomic E-state index is 14.0. The number of hydrogen-bond acceptors (Lipinski definition) is 4. The van der Waals surface area contributed by atoms with E-state index in [9.17, 15) is 18.0 Å². The Kier molecular flexibility index (Phi) is 5.55. The average molecular weight is 455 g/mol. The van der Waals surface area contributed by atoms with Crippen LogP contribution in [0, 0.1) is 0 Å². The molecule has 9 heteroatoms. The Morgan fingerprint density at radius 2 is 1.82 bits per heavy atom. The van der Waals surface area contributed by atoms with E-state index in [0.717, 1.165) is 35.1 Å². The second-order valence-electron chi connectivity index (χ2n) is 8.55. The van der Waals surface area contributed by atoms with Gasteiger partial charge in [0.05, 0.1) is 18.3 Å². The summed E-state index contributed by atoms with van der Waals surface area (Å²) in [5.74, 6) is -0.190. The van der Waals surface area contributed by atoms with Gasteiger partial charge in [-0.05, 0) is 36.5 Å². The number of nitrogens with one attached hydrogen (secondary N) is 1. The number of amides is 1. The minimum absolute atomic E-state index is 0.123. The second-order valence-corrected chi connectivity index (χ2v) is 8.55. The van der Waals surface area contributed by atoms with Gasteiger partial charge in [-0.3, -0.25) is 9.78 Å². The van der Waals surface area contributed by atoms with Crippen molar-refractivity contribution in [3.8, 4) is 0 Å². The highest BCUT2D eigenvalue weighted by molar-refractivity contribution is 5.99. The van der Waals surface area contributed by atoms with E-state index >= 15 is 0 Å². The molecular formula is C24H24F3N5O. The van der Waals surface area contributed by atoms with E-state index in [1.165, 1.54) is 6.20 Å². The summed E-state index contributed by atoms with van der Waals surface area (Å²) in [6.45, 7) is 0.536. The minimum Gasteiger partial charge on any atom is -0.363 e. The van der Waals surface area contributed by atoms with E-state index in [4.69, 9.17) is 0 Å². The van der Waals surface area contributed by atoms with E-state index in [1.54, 1.807) is 41.6 Å². The van der Waals surface area contributed by atoms with Crippen LogP contribution < -0.4 is 5.32 Å². The van der Waals surface area contributed by atoms with Crippen LogP contribution in [0.1, 0.15) is 65.3 Å². The predicted octanol–water partition coefficient (Wildman–Crippen LogP) is 5.31. The van der Waals surface area contributed by atoms with Crippen LogP contribution in [0.25, 0.3) is 0 Å². The molecule has 3 aromatic rings. The monoisotopic (exact) mass is 455 g/mol. The molecule has 0 aliphatic carbocycles. The molecule has 0 spiro atoms. The largest absolute Gasteiger partial charge is 0.410 e. The molecule has 2 aromatic heterocycles. The van der Waals surface area contributed by atoms with Gasteiger partial charge in [0.1, 0.15) is 11.4 Å². The number of hydrogen-bond donors (Lipinski definition) is 1. The molecule has 2 aliphatic heterocycles. The van der Waals surface area contributed by atoms with Crippen molar-refractivity contribution in [1.29, 1.82) is 0 Å². The topological polar surface area (TPSA) is 63.1 Å². The zero-order chi connectivity index (χ0) is 23.0. The van der Waals surface area contributed by atoms with E-state index in [-0.39, 0.29) is 29.8 Å². The first-order valence-electron chi connectivity index (χ1n) is 11.1. The fourth-order valence-electron chi connectivity index (χ4n) is 4.87. The number of pyridine rings is 1. The van der Waals surface area contributed by atoms with Gasteiger partial charge in [-0.25, -0.2) is 4.68 Å². The van der Waals surface area contributed by atoms with Crippen molar-refractivity contribution in [2.75, 3.05) is 11.9 Å². The lowest BCUT2D eigenvalue weighted by Crippen LogP contribution is -2.40. The Morgan fingerprint density at radius 1 is 1.03 bits per heavy atom. The van der Waals surface area contributed by atoms with Crippen LogP contribution in [0.3, 0.4) is 0 Å². The number of piperidine rings is 1. The molecule has 4 heterocycles. The summed E-state index contributed by atoms with van der Waals surface area (Å²) in [4.78, 5) is 19.6. The van der Waals surface area contributed by atoms with Gasteiger partial charge in [0, 0.05) is 25.4 Å². The fraction of sp³-hybridized carbons (Fsp3) is 0.375. The third kappa shape index (κ3) is 4.07. The van der Waals surface area contributed by atoms with Gasteiger partial charge in [0.2, 0.25) is 0 Å². The number of carbonyl (C=O) groups excluding carboxylic acids is 1. The summed E-state index contributed by atoms with van der Waals surface area (Å²) in [5.41, 5.74) is 1.83. The van der Waals surface area contributed by atoms with Gasteiger partial charge in [0.25, 0.3) is 5.91 Å². The standard InChI is InChI=1S/C24H24F3N5O/c25-24(26,27)21-13-19(16-7-2-1-3-8-16)30-22-18(15-29-32(21)22)23(33)31-12-5-4-10-20(31)17-9-6-11-28-14-17/h1-3,6-9,11,14-15,19-21,30H,4-5,10,12-13H2/t19-,20-,21-/m0/s1. The molecule has 5 rings (SSSR count). The number of fused-ring (bicyclic) bond motifs is 1. The summed E-state index contributed by atoms with van der Waals surface area (Å²) >= 11 is 0. The molecule has 0 saturated carbocycles. The lowest BCUT2D eigenvalue weighted by atomic mass is 9.95. The van der Waals surface area contributed by atoms with Crippen molar-refractivity contribution in [3.05, 3.63) is 77.7 Å². The summed E-state index contributed by atoms with van der Waals surface area (Å²) in [5, 5.41) is 7.20. The smallest absolute Gasteiger partial charge is 0.363 e. The molecule has 0 radical (unpaired) electrons. The van der Waals surface area contributed by atoms with Crippen LogP contribution in [-0.4, -0.2) is 38.3 Å². The van der Waals surface area contributed by atoms with Gasteiger partial charge in [-0.2, -0.15) is 18.3 Å². The molecule has 172 valence electrons. The Labute approximate surface area is 189 Å². The number of benzene rings is 1. The lowest BCUT2D eigenvalue weighted by Gasteiger charge is -2.37. The van der Waals surface area contributed by atoms with Crippen LogP contribution >= 0.6 is 0 Å². The maximum Gasteiger partial charge on any atom is 0.410 e. The molecule has 1 amide bonds. The number of anilines is 1. The molecule has 1 saturated heterocycles. The van der Waals surface area contributed by atoms with Crippen molar-refractivity contribution in [2.24, 2.45) is 0 Å². The Bertz CT molecular complexity index is 1120. The number of likely N-dealkylation sites (tertiary alicyclic amines) is 1. The van der Waals surface area contributed by atoms with Gasteiger partial charge in [-0.1, -0.05) is 36.4 Å². The first-order valence-corrected chi connectivity index (χ1v) is 11.1. The van der Waals surface area contributed by atoms with Gasteiger partial charge in [-0.15, -0.1) is 0 Å². The number of rotatable bonds is 3. The molecule has 1 aromatic carbocycles. The molecule has 1 N–H and O–H groups in total. The summed E-state index contributed by atoms with van der Waals surface area (Å²) in [6.07, 6.45) is 2.61. The van der Waals surface area contributed by atoms with Crippen LogP contribution in [0.2, 0.25) is 0 Å². The van der Waals surface area contributed by atoms with Crippen molar-refractivity contribution < 1.29 is 18.0 Å². The Hall–Kier alpha value is -3.36. The Morgan fingerprint density at radius 3 is 2.55 bits per heavy atom. The van der Waals surface area contributed by atoms with Crippen molar-refractivity contribution in [1.82, 2.24) is 19.7 Å². The van der Waals surface area contributed by atoms with Crippen LogP contribution in [0.5, 0.6) is 0 Å². The van der Waals surface area contributed by atoms with Gasteiger partial charge in [0.15, 0.2) is 6.04 Å². The zero-order valence-electron chi connectivity index (χ0n) is 17.9. The SMILES string of the molecule is O=C(c1cnn2c1N[C@H](c1ccccc1)C[C@H]2C(F)(F)F)N1CCCC[C@H]1c1cccnc1. The minimum atomic E-state index is -4.49. The predicted molar refractivity (Wildman–Crippen MR) is 117 cm³/mol. The summed E-state index contributed by atoms with van der Waals surface area (Å²) < 4.78 is 42.8. The number of alkyl halides is 3. The van der Waals surface area contributed by atoms with Crippen molar-refractivity contribution in [3.63, 3.8) is 0 Å². The van der Waals surface area contributed by atoms with E-state index in [0.29, 0.717) is 6.54 Å². The van der Waals surface area contributed by atoms with Crippen LogP contribution in [0.4, 0.5) is 19.0 Å². The molecular weight excluding hydrogens is 431 g/mol. The first-order chi connectivity index (χ1) is 15.9. The molecule has 2 aliphatic rings. The third-order valence-electron chi connectivity index (χ3n) is 6.50. The molecule has 6 nitrogen and oxygen atoms in total. The zero-order valence-corrected chi connectivity index (χ0v) is 17.9. The lowest BCUT2D eigenvalue weighted by molar-refractivity contribution is -0.173. The van der Waals surface area contributed by atoms with Gasteiger partial charge >= 0.3 is 6.18 Å². The molecule has 3 atom stereocenters. The Balaban J connectivity index is 1.51. The van der Waals surface area contributed by atoms with E-state index in [1.807, 2.05) is 18.2 Å². The number of aromatic nitrogens is 3. The van der Waals surface area contributed by atoms with Gasteiger partial charge < -0.3 is 10.2 Å². The fourth-order valence-corrected chi connectivity index (χ4v) is 4.87. The highest BCUT2D eigenvalue weighted by Crippen LogP contribution is 2.45. The summed E-state index contributed by atoms with van der Waals surface area (Å²) in [7, 11) is 0. The number of halogens is 3. The maximum atomic E-state index is 14.0. The average Bonchev–Trinajstić information content (AvgIpc) is 3.27. The molecule has 1 fully saturated rings. The normalized spacial score (nSPS) is 23.0. The molecule has 0 unspecified atom stereocenters. The first kappa shape index (κ1) is 21.5. The van der Waals surface area contributed by atoms with Crippen molar-refractivity contribution in [2.45, 2.75) is 50.0 Å². The van der Waals surface area contributed by atoms with Crippen LogP contribution in [0.15, 0.2) is 61.1 Å². The van der Waals surface area contributed by atoms with Crippen LogP contribution in [-0.2, 0) is 0 Å². The summed E-state index contributed by atoms with van der Waals surface area (Å²) in [6, 6.07) is 10.2. The molecule has 33 heavy (non-hydrogen) atoms. The number of carbonyl (C=O) groups is 1. The van der Waals surface area contributed by atoms with E-state index in [2.05, 4.69) is 15.4 Å². The quantitative estimate of drug-likeness (QED) is 0.582. The number of nitrogens with zero attached hydrogens (tertiary/aromatic N) is 4. The highest BCUT2D eigenvalue weighted by Gasteiger charge is 2.47. The molecule has 0 bridgehead atoms. The third-order valence-corrected chi connectivity index (χ3v) is 6.50.